The van der Waals surface area contributed by atoms with Crippen LogP contribution in [0.5, 0.6) is 5.75 Å². The first kappa shape index (κ1) is 19.6. The summed E-state index contributed by atoms with van der Waals surface area (Å²) in [4.78, 5) is 32.4. The van der Waals surface area contributed by atoms with Gasteiger partial charge in [0.2, 0.25) is 0 Å². The number of imidazole rings is 1. The van der Waals surface area contributed by atoms with Crippen molar-refractivity contribution in [1.29, 1.82) is 0 Å². The molecular weight excluding hydrogens is 418 g/mol. The van der Waals surface area contributed by atoms with Gasteiger partial charge in [0, 0.05) is 6.54 Å². The molecule has 7 nitrogen and oxygen atoms in total. The molecule has 1 fully saturated rings. The van der Waals surface area contributed by atoms with Gasteiger partial charge in [0.15, 0.2) is 5.69 Å². The van der Waals surface area contributed by atoms with E-state index >= 15 is 0 Å². The van der Waals surface area contributed by atoms with E-state index in [1.807, 2.05) is 30.3 Å². The molecule has 0 saturated carbocycles. The number of amides is 1. The van der Waals surface area contributed by atoms with E-state index in [9.17, 15) is 9.59 Å². The maximum Gasteiger partial charge on any atom is 0.359 e. The minimum absolute atomic E-state index is 0.116. The van der Waals surface area contributed by atoms with Crippen molar-refractivity contribution in [1.82, 2.24) is 14.5 Å². The highest BCUT2D eigenvalue weighted by Crippen LogP contribution is 2.41. The predicted molar refractivity (Wildman–Crippen MR) is 114 cm³/mol. The Morgan fingerprint density at radius 3 is 2.81 bits per heavy atom. The molecule has 3 heterocycles. The van der Waals surface area contributed by atoms with Gasteiger partial charge in [-0.05, 0) is 42.7 Å². The number of ether oxygens (including phenoxy) is 2. The lowest BCUT2D eigenvalue weighted by molar-refractivity contribution is 0.0460. The molecule has 1 aromatic heterocycles. The number of esters is 1. The van der Waals surface area contributed by atoms with E-state index in [0.717, 1.165) is 24.2 Å². The maximum absolute atomic E-state index is 13.2. The number of nitrogens with zero attached hydrogens (tertiary/aromatic N) is 3. The predicted octanol–water partition coefficient (Wildman–Crippen LogP) is 4.18. The van der Waals surface area contributed by atoms with Crippen LogP contribution in [-0.4, -0.2) is 40.0 Å². The molecular formula is C23H20ClN3O4. The van der Waals surface area contributed by atoms with Crippen LogP contribution in [-0.2, 0) is 11.3 Å². The van der Waals surface area contributed by atoms with Crippen molar-refractivity contribution in [3.63, 3.8) is 0 Å². The van der Waals surface area contributed by atoms with Gasteiger partial charge >= 0.3 is 5.97 Å². The number of hydrogen-bond donors (Lipinski definition) is 0. The molecule has 1 atom stereocenters. The van der Waals surface area contributed by atoms with Gasteiger partial charge in [-0.15, -0.1) is 0 Å². The third-order valence-electron chi connectivity index (χ3n) is 5.82. The van der Waals surface area contributed by atoms with Crippen LogP contribution < -0.4 is 4.74 Å². The molecule has 1 saturated heterocycles. The first-order valence-corrected chi connectivity index (χ1v) is 10.4. The normalized spacial score (nSPS) is 16.9. The van der Waals surface area contributed by atoms with Gasteiger partial charge in [-0.1, -0.05) is 29.8 Å². The fourth-order valence-corrected chi connectivity index (χ4v) is 4.58. The lowest BCUT2D eigenvalue weighted by Crippen LogP contribution is -2.30. The molecule has 31 heavy (non-hydrogen) atoms. The molecule has 0 bridgehead atoms. The summed E-state index contributed by atoms with van der Waals surface area (Å²) in [5.41, 5.74) is 2.81. The van der Waals surface area contributed by atoms with Crippen molar-refractivity contribution in [3.05, 3.63) is 76.3 Å². The maximum atomic E-state index is 13.2. The largest absolute Gasteiger partial charge is 0.497 e. The van der Waals surface area contributed by atoms with Crippen molar-refractivity contribution in [2.24, 2.45) is 0 Å². The Morgan fingerprint density at radius 2 is 2.03 bits per heavy atom. The Hall–Kier alpha value is -3.32. The highest BCUT2D eigenvalue weighted by molar-refractivity contribution is 6.34. The number of halogens is 1. The summed E-state index contributed by atoms with van der Waals surface area (Å²) in [6.07, 6.45) is 3.17. The van der Waals surface area contributed by atoms with Crippen LogP contribution in [0.25, 0.3) is 5.69 Å². The first-order chi connectivity index (χ1) is 15.1. The molecule has 2 aliphatic heterocycles. The van der Waals surface area contributed by atoms with Gasteiger partial charge in [0.25, 0.3) is 5.91 Å². The molecule has 0 radical (unpaired) electrons. The number of methoxy groups -OCH3 is 1. The lowest BCUT2D eigenvalue weighted by atomic mass is 10.1. The SMILES string of the molecule is COc1ccc(COC(=O)c2ncn3c2[C@@H]2CCCN2C(=O)c2c(Cl)cccc2-3)cc1. The second-order valence-electron chi connectivity index (χ2n) is 7.56. The van der Waals surface area contributed by atoms with Crippen molar-refractivity contribution in [3.8, 4) is 11.4 Å². The van der Waals surface area contributed by atoms with Crippen LogP contribution in [0.2, 0.25) is 5.02 Å². The van der Waals surface area contributed by atoms with E-state index in [2.05, 4.69) is 4.98 Å². The van der Waals surface area contributed by atoms with Crippen LogP contribution in [0.3, 0.4) is 0 Å². The van der Waals surface area contributed by atoms with E-state index in [-0.39, 0.29) is 24.2 Å². The number of benzene rings is 2. The average molecular weight is 438 g/mol. The minimum atomic E-state index is -0.519. The summed E-state index contributed by atoms with van der Waals surface area (Å²) >= 11 is 6.39. The highest BCUT2D eigenvalue weighted by atomic mass is 35.5. The summed E-state index contributed by atoms with van der Waals surface area (Å²) in [7, 11) is 1.60. The van der Waals surface area contributed by atoms with Gasteiger partial charge < -0.3 is 14.4 Å². The highest BCUT2D eigenvalue weighted by Gasteiger charge is 2.41. The van der Waals surface area contributed by atoms with Gasteiger partial charge in [0.1, 0.15) is 18.7 Å². The molecule has 0 unspecified atom stereocenters. The van der Waals surface area contributed by atoms with Crippen LogP contribution in [0.1, 0.15) is 51.0 Å². The van der Waals surface area contributed by atoms with Crippen LogP contribution in [0.4, 0.5) is 0 Å². The third-order valence-corrected chi connectivity index (χ3v) is 6.14. The van der Waals surface area contributed by atoms with Crippen molar-refractivity contribution in [2.45, 2.75) is 25.5 Å². The minimum Gasteiger partial charge on any atom is -0.497 e. The van der Waals surface area contributed by atoms with Crippen LogP contribution in [0.15, 0.2) is 48.8 Å². The van der Waals surface area contributed by atoms with E-state index < -0.39 is 5.97 Å². The third kappa shape index (κ3) is 3.25. The smallest absolute Gasteiger partial charge is 0.359 e. The first-order valence-electron chi connectivity index (χ1n) is 10.1. The fourth-order valence-electron chi connectivity index (χ4n) is 4.33. The summed E-state index contributed by atoms with van der Waals surface area (Å²) in [6, 6.07) is 12.4. The molecule has 2 aliphatic rings. The Balaban J connectivity index is 1.50. The van der Waals surface area contributed by atoms with E-state index in [1.165, 1.54) is 0 Å². The zero-order valence-electron chi connectivity index (χ0n) is 16.9. The number of fused-ring (bicyclic) bond motifs is 5. The Kier molecular flexibility index (Phi) is 4.90. The molecule has 0 N–H and O–H groups in total. The zero-order chi connectivity index (χ0) is 21.5. The molecule has 2 aromatic carbocycles. The second kappa shape index (κ2) is 7.74. The number of aromatic nitrogens is 2. The Bertz CT molecular complexity index is 1170. The molecule has 8 heteroatoms. The second-order valence-corrected chi connectivity index (χ2v) is 7.97. The van der Waals surface area contributed by atoms with E-state index in [1.54, 1.807) is 35.0 Å². The van der Waals surface area contributed by atoms with Crippen molar-refractivity contribution < 1.29 is 19.1 Å². The van der Waals surface area contributed by atoms with Crippen molar-refractivity contribution >= 4 is 23.5 Å². The summed E-state index contributed by atoms with van der Waals surface area (Å²) in [5.74, 6) is 0.0940. The van der Waals surface area contributed by atoms with Gasteiger partial charge in [-0.25, -0.2) is 9.78 Å². The van der Waals surface area contributed by atoms with Crippen molar-refractivity contribution in [2.75, 3.05) is 13.7 Å². The zero-order valence-corrected chi connectivity index (χ0v) is 17.6. The van der Waals surface area contributed by atoms with Crippen LogP contribution >= 0.6 is 11.6 Å². The van der Waals surface area contributed by atoms with Gasteiger partial charge in [0.05, 0.1) is 35.1 Å². The Morgan fingerprint density at radius 1 is 1.23 bits per heavy atom. The summed E-state index contributed by atoms with van der Waals surface area (Å²) < 4.78 is 12.5. The quantitative estimate of drug-likeness (QED) is 0.572. The number of hydrogen-bond acceptors (Lipinski definition) is 5. The molecule has 5 rings (SSSR count). The Labute approximate surface area is 184 Å². The molecule has 3 aromatic rings. The molecule has 1 amide bonds. The average Bonchev–Trinajstić information content (AvgIpc) is 3.42. The van der Waals surface area contributed by atoms with E-state index in [4.69, 9.17) is 21.1 Å². The lowest BCUT2D eigenvalue weighted by Gasteiger charge is -2.23. The summed E-state index contributed by atoms with van der Waals surface area (Å²) in [6.45, 7) is 0.727. The fraction of sp³-hybridized carbons (Fsp3) is 0.261. The number of carbonyl (C=O) groups is 2. The number of carbonyl (C=O) groups excluding carboxylic acids is 2. The van der Waals surface area contributed by atoms with E-state index in [0.29, 0.717) is 28.5 Å². The molecule has 158 valence electrons. The number of rotatable bonds is 4. The van der Waals surface area contributed by atoms with Gasteiger partial charge in [-0.3, -0.25) is 9.36 Å². The van der Waals surface area contributed by atoms with Gasteiger partial charge in [-0.2, -0.15) is 0 Å². The summed E-state index contributed by atoms with van der Waals surface area (Å²) in [5, 5.41) is 0.387. The topological polar surface area (TPSA) is 73.7 Å². The van der Waals surface area contributed by atoms with Crippen LogP contribution in [0, 0.1) is 0 Å². The molecule has 0 aliphatic carbocycles. The standard InChI is InChI=1S/C23H20ClN3O4/c1-30-15-9-7-14(8-10-15)12-31-23(29)20-21-18-6-3-11-26(18)22(28)19-16(24)4-2-5-17(19)27(21)13-25-20/h2,4-5,7-10,13,18H,3,6,11-12H2,1H3/t18-/m0/s1. The monoisotopic (exact) mass is 437 g/mol. The molecule has 0 spiro atoms.